The molecule has 0 bridgehead atoms. The summed E-state index contributed by atoms with van der Waals surface area (Å²) in [5.41, 5.74) is 3.66. The molecule has 3 saturated carbocycles. The van der Waals surface area contributed by atoms with Gasteiger partial charge in [-0.1, -0.05) is 71.2 Å². The third-order valence-corrected chi connectivity index (χ3v) is 11.8. The number of aliphatic hydroxyl groups is 2. The number of aromatic nitrogens is 1. The van der Waals surface area contributed by atoms with Crippen molar-refractivity contribution in [2.45, 2.75) is 123 Å². The van der Waals surface area contributed by atoms with Crippen molar-refractivity contribution in [2.24, 2.45) is 22.7 Å². The minimum Gasteiger partial charge on any atom is -0.392 e. The Balaban J connectivity index is 0.000000189. The van der Waals surface area contributed by atoms with E-state index in [1.807, 2.05) is 24.4 Å². The van der Waals surface area contributed by atoms with Gasteiger partial charge in [0.05, 0.1) is 12.2 Å². The van der Waals surface area contributed by atoms with E-state index >= 15 is 0 Å². The standard InChI is InChI=1S/C20H18N.C18H34O2.Ir/c1-2-8-16(9-3-1)20-13-19-12-17(15-6-4-5-7-15)10-11-18(19)14-21-20;1-5-17(6-2)11-9-10-13-12-18(7-3,8-4)16(20)14(13)15(17)19;/h1-3,8,10-15H,4-7H2;13-16,19-20H,5-12H2,1-4H3;/q-1;;. The summed E-state index contributed by atoms with van der Waals surface area (Å²) in [6.07, 6.45) is 15.6. The third kappa shape index (κ3) is 6.44. The summed E-state index contributed by atoms with van der Waals surface area (Å²) in [6, 6.07) is 20.3. The van der Waals surface area contributed by atoms with Crippen molar-refractivity contribution in [3.8, 4) is 11.3 Å². The first-order valence-corrected chi connectivity index (χ1v) is 16.6. The van der Waals surface area contributed by atoms with Crippen LogP contribution in [0.4, 0.5) is 0 Å². The van der Waals surface area contributed by atoms with Crippen LogP contribution in [0.3, 0.4) is 0 Å². The Bertz CT molecular complexity index is 1260. The number of pyridine rings is 1. The Morgan fingerprint density at radius 2 is 1.50 bits per heavy atom. The molecule has 231 valence electrons. The maximum absolute atomic E-state index is 11.1. The number of benzene rings is 2. The van der Waals surface area contributed by atoms with Gasteiger partial charge in [0.1, 0.15) is 0 Å². The van der Waals surface area contributed by atoms with Gasteiger partial charge in [-0.3, -0.25) is 0 Å². The Hall–Kier alpha value is -1.58. The van der Waals surface area contributed by atoms with Crippen LogP contribution in [0.15, 0.2) is 54.7 Å². The van der Waals surface area contributed by atoms with Gasteiger partial charge in [0.15, 0.2) is 0 Å². The summed E-state index contributed by atoms with van der Waals surface area (Å²) in [5.74, 6) is 1.39. The molecule has 4 unspecified atom stereocenters. The zero-order valence-corrected chi connectivity index (χ0v) is 28.6. The van der Waals surface area contributed by atoms with Crippen LogP contribution in [0.5, 0.6) is 0 Å². The number of hydrogen-bond donors (Lipinski definition) is 2. The first-order chi connectivity index (χ1) is 19.9. The van der Waals surface area contributed by atoms with E-state index in [9.17, 15) is 10.2 Å². The quantitative estimate of drug-likeness (QED) is 0.247. The van der Waals surface area contributed by atoms with Crippen molar-refractivity contribution in [1.29, 1.82) is 0 Å². The molecule has 3 aliphatic carbocycles. The van der Waals surface area contributed by atoms with Gasteiger partial charge in [-0.2, -0.15) is 0 Å². The second-order valence-electron chi connectivity index (χ2n) is 13.4. The molecule has 0 amide bonds. The number of fused-ring (bicyclic) bond motifs is 2. The average molecular weight is 747 g/mol. The second-order valence-corrected chi connectivity index (χ2v) is 13.4. The van der Waals surface area contributed by atoms with Crippen molar-refractivity contribution >= 4 is 10.8 Å². The first kappa shape index (κ1) is 33.3. The fourth-order valence-electron chi connectivity index (χ4n) is 8.79. The normalized spacial score (nSPS) is 26.5. The molecule has 1 heterocycles. The fraction of sp³-hybridized carbons (Fsp3) is 0.605. The van der Waals surface area contributed by atoms with Crippen molar-refractivity contribution in [2.75, 3.05) is 0 Å². The smallest absolute Gasteiger partial charge is 0.0651 e. The van der Waals surface area contributed by atoms with Crippen LogP contribution in [0.25, 0.3) is 22.0 Å². The van der Waals surface area contributed by atoms with E-state index in [1.165, 1.54) is 54.9 Å². The molecule has 3 aliphatic rings. The zero-order valence-electron chi connectivity index (χ0n) is 26.2. The second kappa shape index (κ2) is 14.5. The van der Waals surface area contributed by atoms with Gasteiger partial charge in [0.2, 0.25) is 0 Å². The maximum Gasteiger partial charge on any atom is 0.0651 e. The molecule has 3 aromatic rings. The first-order valence-electron chi connectivity index (χ1n) is 16.6. The molecule has 42 heavy (non-hydrogen) atoms. The molecule has 4 atom stereocenters. The van der Waals surface area contributed by atoms with Gasteiger partial charge in [0, 0.05) is 32.2 Å². The maximum atomic E-state index is 11.1. The van der Waals surface area contributed by atoms with E-state index in [-0.39, 0.29) is 49.1 Å². The summed E-state index contributed by atoms with van der Waals surface area (Å²) in [5, 5.41) is 24.6. The van der Waals surface area contributed by atoms with Gasteiger partial charge in [-0.15, -0.1) is 35.9 Å². The minimum atomic E-state index is -0.319. The summed E-state index contributed by atoms with van der Waals surface area (Å²) >= 11 is 0. The van der Waals surface area contributed by atoms with Gasteiger partial charge >= 0.3 is 0 Å². The summed E-state index contributed by atoms with van der Waals surface area (Å²) in [6.45, 7) is 8.83. The van der Waals surface area contributed by atoms with Crippen molar-refractivity contribution in [1.82, 2.24) is 4.98 Å². The van der Waals surface area contributed by atoms with Crippen molar-refractivity contribution in [3.63, 3.8) is 0 Å². The van der Waals surface area contributed by atoms with Crippen LogP contribution in [-0.4, -0.2) is 27.4 Å². The molecule has 0 aliphatic heterocycles. The Morgan fingerprint density at radius 1 is 0.810 bits per heavy atom. The van der Waals surface area contributed by atoms with Crippen LogP contribution in [0.2, 0.25) is 0 Å². The van der Waals surface area contributed by atoms with Crippen LogP contribution in [0, 0.1) is 28.7 Å². The van der Waals surface area contributed by atoms with Gasteiger partial charge < -0.3 is 15.2 Å². The SMILES string of the molecule is CCC1(CC)CCCC2CC(CC)(CC)C(O)C2C1O.[Ir].[c-]1ccccc1-c1cc2cc(C3CCCC3)ccc2cn1. The summed E-state index contributed by atoms with van der Waals surface area (Å²) < 4.78 is 0. The third-order valence-electron chi connectivity index (χ3n) is 11.8. The van der Waals surface area contributed by atoms with Crippen molar-refractivity contribution < 1.29 is 30.3 Å². The molecule has 4 heteroatoms. The largest absolute Gasteiger partial charge is 0.392 e. The topological polar surface area (TPSA) is 53.4 Å². The Labute approximate surface area is 268 Å². The number of rotatable bonds is 6. The minimum absolute atomic E-state index is 0. The fourth-order valence-corrected chi connectivity index (χ4v) is 8.79. The van der Waals surface area contributed by atoms with E-state index in [0.29, 0.717) is 5.92 Å². The Kier molecular flexibility index (Phi) is 11.5. The Morgan fingerprint density at radius 3 is 2.14 bits per heavy atom. The summed E-state index contributed by atoms with van der Waals surface area (Å²) in [4.78, 5) is 4.57. The van der Waals surface area contributed by atoms with Gasteiger partial charge in [0.25, 0.3) is 0 Å². The molecular weight excluding hydrogens is 695 g/mol. The molecule has 2 N–H and O–H groups in total. The molecule has 2 aromatic carbocycles. The van der Waals surface area contributed by atoms with Gasteiger partial charge in [-0.25, -0.2) is 0 Å². The van der Waals surface area contributed by atoms with Crippen LogP contribution >= 0.6 is 0 Å². The van der Waals surface area contributed by atoms with Crippen molar-refractivity contribution in [3.05, 3.63) is 66.4 Å². The molecule has 3 nitrogen and oxygen atoms in total. The van der Waals surface area contributed by atoms with Crippen LogP contribution in [-0.2, 0) is 20.1 Å². The predicted octanol–water partition coefficient (Wildman–Crippen LogP) is 9.50. The molecular formula is C38H52IrNO2-. The van der Waals surface area contributed by atoms with E-state index in [1.54, 1.807) is 0 Å². The molecule has 0 spiro atoms. The number of aliphatic hydroxyl groups excluding tert-OH is 2. The van der Waals surface area contributed by atoms with E-state index in [2.05, 4.69) is 69.1 Å². The molecule has 3 fully saturated rings. The monoisotopic (exact) mass is 747 g/mol. The zero-order chi connectivity index (χ0) is 29.0. The molecule has 1 aromatic heterocycles. The number of nitrogens with zero attached hydrogens (tertiary/aromatic N) is 1. The summed E-state index contributed by atoms with van der Waals surface area (Å²) in [7, 11) is 0. The predicted molar refractivity (Wildman–Crippen MR) is 171 cm³/mol. The van der Waals surface area contributed by atoms with E-state index in [0.717, 1.165) is 55.7 Å². The van der Waals surface area contributed by atoms with E-state index < -0.39 is 0 Å². The van der Waals surface area contributed by atoms with Crippen LogP contribution in [0.1, 0.15) is 116 Å². The van der Waals surface area contributed by atoms with Gasteiger partial charge in [-0.05, 0) is 102 Å². The van der Waals surface area contributed by atoms with E-state index in [4.69, 9.17) is 0 Å². The van der Waals surface area contributed by atoms with Crippen LogP contribution < -0.4 is 0 Å². The molecule has 6 rings (SSSR count). The molecule has 1 radical (unpaired) electrons. The molecule has 0 saturated heterocycles. The number of hydrogen-bond acceptors (Lipinski definition) is 3. The average Bonchev–Trinajstić information content (AvgIpc) is 3.63.